The molecule has 4 heteroatoms. The van der Waals surface area contributed by atoms with Gasteiger partial charge >= 0.3 is 0 Å². The molecule has 3 aromatic rings. The molecule has 0 radical (unpaired) electrons. The maximum atomic E-state index is 6.02. The van der Waals surface area contributed by atoms with Crippen LogP contribution < -0.4 is 5.32 Å². The van der Waals surface area contributed by atoms with Crippen LogP contribution in [0.15, 0.2) is 52.9 Å². The van der Waals surface area contributed by atoms with Crippen LogP contribution >= 0.6 is 23.2 Å². The number of hydrogen-bond acceptors (Lipinski definition) is 2. The molecule has 0 fully saturated rings. The maximum absolute atomic E-state index is 6.02. The first-order valence-electron chi connectivity index (χ1n) is 6.79. The standard InChI is InChI=1S/C17H15Cl2NO/c1-11(17-9-13-4-2-3-5-16(13)21-17)20-10-12-6-7-14(18)15(19)8-12/h2-9,11,20H,10H2,1H3. The molecule has 0 aliphatic rings. The Morgan fingerprint density at radius 2 is 1.86 bits per heavy atom. The van der Waals surface area contributed by atoms with E-state index in [1.54, 1.807) is 0 Å². The summed E-state index contributed by atoms with van der Waals surface area (Å²) in [6.45, 7) is 2.78. The fourth-order valence-electron chi connectivity index (χ4n) is 2.24. The zero-order valence-corrected chi connectivity index (χ0v) is 13.1. The molecule has 1 N–H and O–H groups in total. The summed E-state index contributed by atoms with van der Waals surface area (Å²) >= 11 is 11.9. The van der Waals surface area contributed by atoms with Crippen molar-refractivity contribution < 1.29 is 4.42 Å². The van der Waals surface area contributed by atoms with Crippen molar-refractivity contribution in [3.63, 3.8) is 0 Å². The van der Waals surface area contributed by atoms with Crippen molar-refractivity contribution in [2.24, 2.45) is 0 Å². The molecular weight excluding hydrogens is 305 g/mol. The van der Waals surface area contributed by atoms with Gasteiger partial charge in [-0.05, 0) is 36.8 Å². The van der Waals surface area contributed by atoms with E-state index in [9.17, 15) is 0 Å². The van der Waals surface area contributed by atoms with Gasteiger partial charge in [-0.2, -0.15) is 0 Å². The van der Waals surface area contributed by atoms with Gasteiger partial charge in [-0.1, -0.05) is 47.5 Å². The number of benzene rings is 2. The molecule has 108 valence electrons. The van der Waals surface area contributed by atoms with Crippen molar-refractivity contribution in [2.45, 2.75) is 19.5 Å². The Bertz CT molecular complexity index is 733. The SMILES string of the molecule is CC(NCc1ccc(Cl)c(Cl)c1)c1cc2ccccc2o1. The molecule has 1 heterocycles. The second-order valence-corrected chi connectivity index (χ2v) is 5.85. The van der Waals surface area contributed by atoms with Crippen molar-refractivity contribution in [1.29, 1.82) is 0 Å². The molecule has 0 saturated heterocycles. The Morgan fingerprint density at radius 3 is 2.62 bits per heavy atom. The van der Waals surface area contributed by atoms with E-state index < -0.39 is 0 Å². The summed E-state index contributed by atoms with van der Waals surface area (Å²) in [5.41, 5.74) is 2.00. The van der Waals surface area contributed by atoms with E-state index >= 15 is 0 Å². The molecule has 0 bridgehead atoms. The van der Waals surface area contributed by atoms with E-state index in [0.717, 1.165) is 22.3 Å². The average Bonchev–Trinajstić information content (AvgIpc) is 2.92. The Labute approximate surface area is 133 Å². The molecule has 1 unspecified atom stereocenters. The first kappa shape index (κ1) is 14.5. The van der Waals surface area contributed by atoms with Crippen molar-refractivity contribution in [2.75, 3.05) is 0 Å². The Kier molecular flexibility index (Phi) is 4.20. The van der Waals surface area contributed by atoms with Crippen LogP contribution in [0.4, 0.5) is 0 Å². The van der Waals surface area contributed by atoms with Gasteiger partial charge in [0, 0.05) is 11.9 Å². The highest BCUT2D eigenvalue weighted by Crippen LogP contribution is 2.25. The Balaban J connectivity index is 1.70. The predicted molar refractivity (Wildman–Crippen MR) is 87.9 cm³/mol. The summed E-state index contributed by atoms with van der Waals surface area (Å²) in [4.78, 5) is 0. The minimum atomic E-state index is 0.117. The fourth-order valence-corrected chi connectivity index (χ4v) is 2.56. The van der Waals surface area contributed by atoms with E-state index in [4.69, 9.17) is 27.6 Å². The van der Waals surface area contributed by atoms with Crippen LogP contribution in [0.2, 0.25) is 10.0 Å². The van der Waals surface area contributed by atoms with Crippen LogP contribution in [-0.2, 0) is 6.54 Å². The number of nitrogens with one attached hydrogen (secondary N) is 1. The lowest BCUT2D eigenvalue weighted by atomic mass is 10.2. The molecule has 0 aliphatic carbocycles. The van der Waals surface area contributed by atoms with Crippen molar-refractivity contribution in [3.05, 3.63) is 69.9 Å². The van der Waals surface area contributed by atoms with Crippen LogP contribution in [-0.4, -0.2) is 0 Å². The quantitative estimate of drug-likeness (QED) is 0.678. The second kappa shape index (κ2) is 6.10. The van der Waals surface area contributed by atoms with Crippen molar-refractivity contribution in [1.82, 2.24) is 5.32 Å². The van der Waals surface area contributed by atoms with Crippen molar-refractivity contribution in [3.8, 4) is 0 Å². The number of furan rings is 1. The normalized spacial score (nSPS) is 12.7. The summed E-state index contributed by atoms with van der Waals surface area (Å²) in [5.74, 6) is 0.927. The summed E-state index contributed by atoms with van der Waals surface area (Å²) < 4.78 is 5.85. The van der Waals surface area contributed by atoms with Gasteiger partial charge in [0.15, 0.2) is 0 Å². The fraction of sp³-hybridized carbons (Fsp3) is 0.176. The first-order valence-corrected chi connectivity index (χ1v) is 7.55. The van der Waals surface area contributed by atoms with Gasteiger partial charge < -0.3 is 9.73 Å². The topological polar surface area (TPSA) is 25.2 Å². The minimum Gasteiger partial charge on any atom is -0.459 e. The minimum absolute atomic E-state index is 0.117. The first-order chi connectivity index (χ1) is 10.1. The number of halogens is 2. The molecule has 0 spiro atoms. The average molecular weight is 320 g/mol. The molecule has 1 aromatic heterocycles. The molecule has 2 nitrogen and oxygen atoms in total. The molecule has 3 rings (SSSR count). The second-order valence-electron chi connectivity index (χ2n) is 5.04. The molecule has 1 atom stereocenters. The molecule has 21 heavy (non-hydrogen) atoms. The van der Waals surface area contributed by atoms with Gasteiger partial charge in [0.1, 0.15) is 11.3 Å². The van der Waals surface area contributed by atoms with Crippen molar-refractivity contribution >= 4 is 34.2 Å². The molecule has 0 saturated carbocycles. The summed E-state index contributed by atoms with van der Waals surface area (Å²) in [5, 5.41) is 5.70. The zero-order chi connectivity index (χ0) is 14.8. The lowest BCUT2D eigenvalue weighted by Crippen LogP contribution is -2.17. The third-order valence-corrected chi connectivity index (χ3v) is 4.21. The summed E-state index contributed by atoms with van der Waals surface area (Å²) in [6.07, 6.45) is 0. The smallest absolute Gasteiger partial charge is 0.134 e. The summed E-state index contributed by atoms with van der Waals surface area (Å²) in [6, 6.07) is 15.9. The maximum Gasteiger partial charge on any atom is 0.134 e. The van der Waals surface area contributed by atoms with Crippen LogP contribution in [0.1, 0.15) is 24.3 Å². The largest absolute Gasteiger partial charge is 0.459 e. The molecule has 0 amide bonds. The van der Waals surface area contributed by atoms with Gasteiger partial charge in [0.25, 0.3) is 0 Å². The molecule has 0 aliphatic heterocycles. The van der Waals surface area contributed by atoms with Crippen LogP contribution in [0.5, 0.6) is 0 Å². The van der Waals surface area contributed by atoms with E-state index in [2.05, 4.69) is 18.3 Å². The lowest BCUT2D eigenvalue weighted by molar-refractivity contribution is 0.451. The third kappa shape index (κ3) is 3.24. The van der Waals surface area contributed by atoms with E-state index in [0.29, 0.717) is 16.6 Å². The number of fused-ring (bicyclic) bond motifs is 1. The van der Waals surface area contributed by atoms with Gasteiger partial charge in [0.05, 0.1) is 16.1 Å². The van der Waals surface area contributed by atoms with E-state index in [1.807, 2.05) is 42.5 Å². The van der Waals surface area contributed by atoms with Crippen LogP contribution in [0, 0.1) is 0 Å². The highest BCUT2D eigenvalue weighted by molar-refractivity contribution is 6.42. The Hall–Kier alpha value is -1.48. The predicted octanol–water partition coefficient (Wildman–Crippen LogP) is 5.59. The molecule has 2 aromatic carbocycles. The van der Waals surface area contributed by atoms with Crippen LogP contribution in [0.25, 0.3) is 11.0 Å². The van der Waals surface area contributed by atoms with Gasteiger partial charge in [0.2, 0.25) is 0 Å². The Morgan fingerprint density at radius 1 is 1.05 bits per heavy atom. The highest BCUT2D eigenvalue weighted by Gasteiger charge is 2.11. The number of hydrogen-bond donors (Lipinski definition) is 1. The lowest BCUT2D eigenvalue weighted by Gasteiger charge is -2.11. The van der Waals surface area contributed by atoms with Gasteiger partial charge in [-0.3, -0.25) is 0 Å². The van der Waals surface area contributed by atoms with Crippen LogP contribution in [0.3, 0.4) is 0 Å². The zero-order valence-electron chi connectivity index (χ0n) is 11.6. The number of para-hydroxylation sites is 1. The summed E-state index contributed by atoms with van der Waals surface area (Å²) in [7, 11) is 0. The third-order valence-electron chi connectivity index (χ3n) is 3.47. The van der Waals surface area contributed by atoms with Gasteiger partial charge in [-0.15, -0.1) is 0 Å². The highest BCUT2D eigenvalue weighted by atomic mass is 35.5. The number of rotatable bonds is 4. The molecular formula is C17H15Cl2NO. The van der Waals surface area contributed by atoms with E-state index in [1.165, 1.54) is 0 Å². The van der Waals surface area contributed by atoms with E-state index in [-0.39, 0.29) is 6.04 Å². The monoisotopic (exact) mass is 319 g/mol. The van der Waals surface area contributed by atoms with Gasteiger partial charge in [-0.25, -0.2) is 0 Å².